The van der Waals surface area contributed by atoms with Gasteiger partial charge in [-0.05, 0) is 36.4 Å². The molecule has 0 bridgehead atoms. The molecule has 0 aromatic heterocycles. The monoisotopic (exact) mass is 426 g/mol. The molecule has 2 aromatic rings. The lowest BCUT2D eigenvalue weighted by atomic mass is 10.1. The minimum atomic E-state index is -1.08. The summed E-state index contributed by atoms with van der Waals surface area (Å²) in [5.41, 5.74) is 0.273. The quantitative estimate of drug-likeness (QED) is 0.737. The molecule has 1 aliphatic heterocycles. The van der Waals surface area contributed by atoms with Gasteiger partial charge >= 0.3 is 0 Å². The average Bonchev–Trinajstić information content (AvgIpc) is 2.62. The number of nitrogens with zero attached hydrogens (tertiary/aromatic N) is 2. The Morgan fingerprint density at radius 2 is 1.35 bits per heavy atom. The van der Waals surface area contributed by atoms with Crippen LogP contribution in [0.25, 0.3) is 0 Å². The van der Waals surface area contributed by atoms with Crippen LogP contribution in [0.5, 0.6) is 0 Å². The molecule has 2 amide bonds. The third kappa shape index (κ3) is 3.90. The lowest BCUT2D eigenvalue weighted by molar-refractivity contribution is 0.0535. The lowest BCUT2D eigenvalue weighted by Crippen LogP contribution is -2.50. The maximum Gasteiger partial charge on any atom is 0.254 e. The van der Waals surface area contributed by atoms with Gasteiger partial charge in [-0.1, -0.05) is 15.9 Å². The van der Waals surface area contributed by atoms with E-state index in [0.717, 1.165) is 18.2 Å². The number of hydrogen-bond donors (Lipinski definition) is 0. The zero-order chi connectivity index (χ0) is 18.8. The van der Waals surface area contributed by atoms with E-state index in [4.69, 9.17) is 0 Å². The molecule has 8 heteroatoms. The van der Waals surface area contributed by atoms with Crippen molar-refractivity contribution in [1.82, 2.24) is 9.80 Å². The molecule has 0 unspecified atom stereocenters. The summed E-state index contributed by atoms with van der Waals surface area (Å²) in [7, 11) is 0. The number of hydrogen-bond acceptors (Lipinski definition) is 2. The molecule has 0 radical (unpaired) electrons. The first kappa shape index (κ1) is 18.4. The largest absolute Gasteiger partial charge is 0.335 e. The number of benzene rings is 2. The Hall–Kier alpha value is -2.35. The second-order valence-corrected chi connectivity index (χ2v) is 6.79. The van der Waals surface area contributed by atoms with E-state index in [1.807, 2.05) is 0 Å². The van der Waals surface area contributed by atoms with E-state index in [1.165, 1.54) is 28.0 Å². The van der Waals surface area contributed by atoms with E-state index in [2.05, 4.69) is 15.9 Å². The molecule has 4 nitrogen and oxygen atoms in total. The van der Waals surface area contributed by atoms with Crippen molar-refractivity contribution in [2.75, 3.05) is 26.2 Å². The number of carbonyl (C=O) groups excluding carboxylic acids is 2. The highest BCUT2D eigenvalue weighted by molar-refractivity contribution is 9.10. The van der Waals surface area contributed by atoms with Gasteiger partial charge in [0, 0.05) is 41.8 Å². The van der Waals surface area contributed by atoms with Crippen LogP contribution in [-0.4, -0.2) is 47.8 Å². The van der Waals surface area contributed by atoms with Crippen molar-refractivity contribution in [3.8, 4) is 0 Å². The first-order valence-corrected chi connectivity index (χ1v) is 8.64. The predicted octanol–water partition coefficient (Wildman–Crippen LogP) is 3.46. The summed E-state index contributed by atoms with van der Waals surface area (Å²) < 4.78 is 40.2. The van der Waals surface area contributed by atoms with Crippen molar-refractivity contribution < 1.29 is 22.8 Å². The Labute approximate surface area is 156 Å². The summed E-state index contributed by atoms with van der Waals surface area (Å²) in [5, 5.41) is 0. The van der Waals surface area contributed by atoms with Crippen molar-refractivity contribution in [1.29, 1.82) is 0 Å². The Balaban J connectivity index is 1.65. The molecule has 1 saturated heterocycles. The highest BCUT2D eigenvalue weighted by Crippen LogP contribution is 2.18. The second kappa shape index (κ2) is 7.49. The number of halogens is 4. The van der Waals surface area contributed by atoms with Gasteiger partial charge in [-0.15, -0.1) is 0 Å². The van der Waals surface area contributed by atoms with Crippen LogP contribution in [0.2, 0.25) is 0 Å². The molecule has 1 heterocycles. The van der Waals surface area contributed by atoms with Crippen LogP contribution in [0.4, 0.5) is 13.2 Å². The van der Waals surface area contributed by atoms with Crippen molar-refractivity contribution >= 4 is 27.7 Å². The molecular formula is C18H14BrF3N2O2. The first-order chi connectivity index (χ1) is 12.3. The Morgan fingerprint density at radius 1 is 0.769 bits per heavy atom. The van der Waals surface area contributed by atoms with Crippen molar-refractivity contribution in [2.45, 2.75) is 0 Å². The smallest absolute Gasteiger partial charge is 0.254 e. The van der Waals surface area contributed by atoms with Gasteiger partial charge in [0.15, 0.2) is 11.6 Å². The van der Waals surface area contributed by atoms with E-state index < -0.39 is 23.4 Å². The van der Waals surface area contributed by atoms with E-state index in [0.29, 0.717) is 4.47 Å². The van der Waals surface area contributed by atoms with Gasteiger partial charge in [0.05, 0.1) is 0 Å². The van der Waals surface area contributed by atoms with Crippen LogP contribution in [-0.2, 0) is 0 Å². The molecule has 2 aromatic carbocycles. The van der Waals surface area contributed by atoms with Crippen LogP contribution in [0, 0.1) is 17.5 Å². The third-order valence-corrected chi connectivity index (χ3v) is 4.59. The standard InChI is InChI=1S/C18H14BrF3N2O2/c19-13-7-12(8-14(20)10-13)18(26)24-5-3-23(4-6-24)17(25)11-1-2-15(21)16(22)9-11/h1-2,7-10H,3-6H2. The summed E-state index contributed by atoms with van der Waals surface area (Å²) in [6, 6.07) is 6.94. The Bertz CT molecular complexity index is 847. The van der Waals surface area contributed by atoms with Crippen LogP contribution >= 0.6 is 15.9 Å². The molecular weight excluding hydrogens is 413 g/mol. The van der Waals surface area contributed by atoms with Gasteiger partial charge < -0.3 is 9.80 Å². The second-order valence-electron chi connectivity index (χ2n) is 5.87. The Morgan fingerprint density at radius 3 is 1.88 bits per heavy atom. The molecule has 0 N–H and O–H groups in total. The molecule has 0 spiro atoms. The summed E-state index contributed by atoms with van der Waals surface area (Å²) in [4.78, 5) is 27.8. The molecule has 1 fully saturated rings. The van der Waals surface area contributed by atoms with Gasteiger partial charge in [0.1, 0.15) is 5.82 Å². The fraction of sp³-hybridized carbons (Fsp3) is 0.222. The summed E-state index contributed by atoms with van der Waals surface area (Å²) >= 11 is 3.15. The average molecular weight is 427 g/mol. The van der Waals surface area contributed by atoms with Crippen LogP contribution in [0.1, 0.15) is 20.7 Å². The van der Waals surface area contributed by atoms with Crippen LogP contribution in [0.15, 0.2) is 40.9 Å². The summed E-state index contributed by atoms with van der Waals surface area (Å²) in [6.45, 7) is 1.03. The lowest BCUT2D eigenvalue weighted by Gasteiger charge is -2.35. The Kier molecular flexibility index (Phi) is 5.31. The molecule has 0 saturated carbocycles. The van der Waals surface area contributed by atoms with Gasteiger partial charge in [0.2, 0.25) is 0 Å². The fourth-order valence-electron chi connectivity index (χ4n) is 2.78. The van der Waals surface area contributed by atoms with Crippen LogP contribution in [0.3, 0.4) is 0 Å². The predicted molar refractivity (Wildman–Crippen MR) is 92.3 cm³/mol. The summed E-state index contributed by atoms with van der Waals surface area (Å²) in [6.07, 6.45) is 0. The number of carbonyl (C=O) groups is 2. The maximum absolute atomic E-state index is 13.5. The van der Waals surface area contributed by atoms with Gasteiger partial charge in [-0.3, -0.25) is 9.59 Å². The van der Waals surface area contributed by atoms with E-state index >= 15 is 0 Å². The molecule has 0 aliphatic carbocycles. The van der Waals surface area contributed by atoms with E-state index in [9.17, 15) is 22.8 Å². The maximum atomic E-state index is 13.5. The minimum Gasteiger partial charge on any atom is -0.335 e. The number of amides is 2. The first-order valence-electron chi connectivity index (χ1n) is 7.85. The molecule has 26 heavy (non-hydrogen) atoms. The third-order valence-electron chi connectivity index (χ3n) is 4.13. The molecule has 0 atom stereocenters. The van der Waals surface area contributed by atoms with Gasteiger partial charge in [0.25, 0.3) is 11.8 Å². The zero-order valence-corrected chi connectivity index (χ0v) is 15.1. The van der Waals surface area contributed by atoms with Crippen molar-refractivity contribution in [3.05, 3.63) is 69.4 Å². The number of piperazine rings is 1. The highest BCUT2D eigenvalue weighted by Gasteiger charge is 2.26. The van der Waals surface area contributed by atoms with E-state index in [1.54, 1.807) is 0 Å². The van der Waals surface area contributed by atoms with E-state index in [-0.39, 0.29) is 43.2 Å². The molecule has 3 rings (SSSR count). The van der Waals surface area contributed by atoms with Crippen molar-refractivity contribution in [3.63, 3.8) is 0 Å². The normalized spacial score (nSPS) is 14.5. The molecule has 1 aliphatic rings. The summed E-state index contributed by atoms with van der Waals surface area (Å²) in [5.74, 6) is -3.37. The zero-order valence-electron chi connectivity index (χ0n) is 13.5. The minimum absolute atomic E-state index is 0.0535. The highest BCUT2D eigenvalue weighted by atomic mass is 79.9. The van der Waals surface area contributed by atoms with Crippen LogP contribution < -0.4 is 0 Å². The van der Waals surface area contributed by atoms with Crippen molar-refractivity contribution in [2.24, 2.45) is 0 Å². The SMILES string of the molecule is O=C(c1cc(F)cc(Br)c1)N1CCN(C(=O)c2ccc(F)c(F)c2)CC1. The number of rotatable bonds is 2. The van der Waals surface area contributed by atoms with Gasteiger partial charge in [-0.2, -0.15) is 0 Å². The molecule has 136 valence electrons. The fourth-order valence-corrected chi connectivity index (χ4v) is 3.25. The van der Waals surface area contributed by atoms with Gasteiger partial charge in [-0.25, -0.2) is 13.2 Å². The topological polar surface area (TPSA) is 40.6 Å².